The molecule has 19 heavy (non-hydrogen) atoms. The van der Waals surface area contributed by atoms with Gasteiger partial charge in [-0.1, -0.05) is 6.92 Å². The van der Waals surface area contributed by atoms with E-state index in [4.69, 9.17) is 4.74 Å². The van der Waals surface area contributed by atoms with Crippen molar-refractivity contribution in [2.24, 2.45) is 0 Å². The molecule has 1 aromatic heterocycles. The zero-order valence-electron chi connectivity index (χ0n) is 11.9. The molecular weight excluding hydrogens is 246 g/mol. The van der Waals surface area contributed by atoms with Crippen LogP contribution in [0.15, 0.2) is 0 Å². The van der Waals surface area contributed by atoms with Gasteiger partial charge < -0.3 is 15.0 Å². The average molecular weight is 269 g/mol. The number of aromatic amines is 1. The molecule has 108 valence electrons. The second-order valence-electron chi connectivity index (χ2n) is 4.41. The van der Waals surface area contributed by atoms with E-state index in [-0.39, 0.29) is 11.7 Å². The van der Waals surface area contributed by atoms with Gasteiger partial charge in [-0.25, -0.2) is 4.98 Å². The summed E-state index contributed by atoms with van der Waals surface area (Å²) < 4.78 is 4.98. The van der Waals surface area contributed by atoms with Crippen LogP contribution in [0.3, 0.4) is 0 Å². The van der Waals surface area contributed by atoms with E-state index in [2.05, 4.69) is 32.3 Å². The molecule has 1 rings (SSSR count). The van der Waals surface area contributed by atoms with E-state index in [0.717, 1.165) is 31.8 Å². The average Bonchev–Trinajstić information content (AvgIpc) is 2.85. The SMILES string of the molecule is CCCc1nc(C(=O)NCCN(C)CCOC)n[nH]1. The van der Waals surface area contributed by atoms with Gasteiger partial charge in [-0.15, -0.1) is 5.10 Å². The van der Waals surface area contributed by atoms with E-state index in [1.54, 1.807) is 7.11 Å². The molecule has 0 saturated carbocycles. The number of hydrogen-bond acceptors (Lipinski definition) is 5. The molecule has 0 atom stereocenters. The molecule has 0 fully saturated rings. The largest absolute Gasteiger partial charge is 0.383 e. The number of rotatable bonds is 9. The number of ether oxygens (including phenoxy) is 1. The Balaban J connectivity index is 2.26. The topological polar surface area (TPSA) is 83.1 Å². The summed E-state index contributed by atoms with van der Waals surface area (Å²) in [6, 6.07) is 0. The lowest BCUT2D eigenvalue weighted by atomic mass is 10.3. The highest BCUT2D eigenvalue weighted by Crippen LogP contribution is 1.96. The Morgan fingerprint density at radius 1 is 1.47 bits per heavy atom. The maximum Gasteiger partial charge on any atom is 0.291 e. The number of nitrogens with zero attached hydrogens (tertiary/aromatic N) is 3. The fourth-order valence-electron chi connectivity index (χ4n) is 1.54. The van der Waals surface area contributed by atoms with E-state index in [9.17, 15) is 4.79 Å². The zero-order valence-corrected chi connectivity index (χ0v) is 11.9. The first-order chi connectivity index (χ1) is 9.17. The second-order valence-corrected chi connectivity index (χ2v) is 4.41. The van der Waals surface area contributed by atoms with E-state index in [0.29, 0.717) is 13.2 Å². The number of H-pyrrole nitrogens is 1. The molecule has 0 spiro atoms. The standard InChI is InChI=1S/C12H23N5O2/c1-4-5-10-14-11(16-15-10)12(18)13-6-7-17(2)8-9-19-3/h4-9H2,1-3H3,(H,13,18)(H,14,15,16). The molecule has 0 bridgehead atoms. The van der Waals surface area contributed by atoms with Crippen molar-refractivity contribution < 1.29 is 9.53 Å². The molecule has 0 aliphatic heterocycles. The highest BCUT2D eigenvalue weighted by molar-refractivity contribution is 5.90. The Kier molecular flexibility index (Phi) is 7.06. The summed E-state index contributed by atoms with van der Waals surface area (Å²) >= 11 is 0. The van der Waals surface area contributed by atoms with Crippen LogP contribution in [0.5, 0.6) is 0 Å². The van der Waals surface area contributed by atoms with E-state index in [1.807, 2.05) is 7.05 Å². The molecule has 0 aliphatic carbocycles. The Labute approximate surface area is 113 Å². The summed E-state index contributed by atoms with van der Waals surface area (Å²) in [6.07, 6.45) is 1.78. The van der Waals surface area contributed by atoms with Crippen LogP contribution in [-0.2, 0) is 11.2 Å². The maximum atomic E-state index is 11.8. The third kappa shape index (κ3) is 5.80. The van der Waals surface area contributed by atoms with Crippen LogP contribution in [0.4, 0.5) is 0 Å². The van der Waals surface area contributed by atoms with Crippen LogP contribution < -0.4 is 5.32 Å². The smallest absolute Gasteiger partial charge is 0.291 e. The lowest BCUT2D eigenvalue weighted by Crippen LogP contribution is -2.34. The van der Waals surface area contributed by atoms with Crippen LogP contribution >= 0.6 is 0 Å². The molecule has 7 nitrogen and oxygen atoms in total. The first-order valence-corrected chi connectivity index (χ1v) is 6.54. The summed E-state index contributed by atoms with van der Waals surface area (Å²) in [5.41, 5.74) is 0. The molecule has 2 N–H and O–H groups in total. The Bertz CT molecular complexity index is 380. The molecule has 0 radical (unpaired) electrons. The van der Waals surface area contributed by atoms with Crippen LogP contribution in [0, 0.1) is 0 Å². The maximum absolute atomic E-state index is 11.8. The molecule has 1 heterocycles. The Morgan fingerprint density at radius 2 is 2.26 bits per heavy atom. The van der Waals surface area contributed by atoms with E-state index >= 15 is 0 Å². The fraction of sp³-hybridized carbons (Fsp3) is 0.750. The quantitative estimate of drug-likeness (QED) is 0.662. The van der Waals surface area contributed by atoms with Gasteiger partial charge in [0.1, 0.15) is 5.82 Å². The van der Waals surface area contributed by atoms with Gasteiger partial charge in [0, 0.05) is 33.2 Å². The van der Waals surface area contributed by atoms with Crippen LogP contribution in [0.2, 0.25) is 0 Å². The molecule has 0 aliphatic rings. The predicted molar refractivity (Wildman–Crippen MR) is 72.1 cm³/mol. The minimum atomic E-state index is -0.237. The summed E-state index contributed by atoms with van der Waals surface area (Å²) in [4.78, 5) is 18.0. The number of nitrogens with one attached hydrogen (secondary N) is 2. The van der Waals surface area contributed by atoms with Gasteiger partial charge in [0.15, 0.2) is 0 Å². The van der Waals surface area contributed by atoms with Gasteiger partial charge in [-0.05, 0) is 13.5 Å². The highest BCUT2D eigenvalue weighted by Gasteiger charge is 2.11. The molecule has 1 aromatic rings. The number of likely N-dealkylation sites (N-methyl/N-ethyl adjacent to an activating group) is 1. The van der Waals surface area contributed by atoms with Gasteiger partial charge >= 0.3 is 0 Å². The first kappa shape index (κ1) is 15.6. The summed E-state index contributed by atoms with van der Waals surface area (Å²) in [5, 5.41) is 9.46. The predicted octanol–water partition coefficient (Wildman–Crippen LogP) is 0.0652. The van der Waals surface area contributed by atoms with E-state index < -0.39 is 0 Å². The van der Waals surface area contributed by atoms with Gasteiger partial charge in [-0.3, -0.25) is 9.89 Å². The number of methoxy groups -OCH3 is 1. The fourth-order valence-corrected chi connectivity index (χ4v) is 1.54. The number of carbonyl (C=O) groups is 1. The van der Waals surface area contributed by atoms with Crippen molar-refractivity contribution in [2.45, 2.75) is 19.8 Å². The number of carbonyl (C=O) groups excluding carboxylic acids is 1. The van der Waals surface area contributed by atoms with Crippen molar-refractivity contribution in [1.82, 2.24) is 25.4 Å². The van der Waals surface area contributed by atoms with Crippen LogP contribution in [0.25, 0.3) is 0 Å². The third-order valence-electron chi connectivity index (χ3n) is 2.68. The van der Waals surface area contributed by atoms with Crippen LogP contribution in [-0.4, -0.2) is 66.4 Å². The molecule has 0 aromatic carbocycles. The van der Waals surface area contributed by atoms with Crippen molar-refractivity contribution >= 4 is 5.91 Å². The summed E-state index contributed by atoms with van der Waals surface area (Å²) in [6.45, 7) is 4.91. The third-order valence-corrected chi connectivity index (χ3v) is 2.68. The number of amides is 1. The van der Waals surface area contributed by atoms with Gasteiger partial charge in [-0.2, -0.15) is 0 Å². The van der Waals surface area contributed by atoms with Crippen LogP contribution in [0.1, 0.15) is 29.8 Å². The lowest BCUT2D eigenvalue weighted by molar-refractivity contribution is 0.0937. The molecule has 0 unspecified atom stereocenters. The molecule has 7 heteroatoms. The van der Waals surface area contributed by atoms with Crippen molar-refractivity contribution in [3.63, 3.8) is 0 Å². The number of aromatic nitrogens is 3. The normalized spacial score (nSPS) is 10.9. The van der Waals surface area contributed by atoms with Gasteiger partial charge in [0.25, 0.3) is 5.91 Å². The lowest BCUT2D eigenvalue weighted by Gasteiger charge is -2.15. The van der Waals surface area contributed by atoms with E-state index in [1.165, 1.54) is 0 Å². The summed E-state index contributed by atoms with van der Waals surface area (Å²) in [5.74, 6) is 0.728. The van der Waals surface area contributed by atoms with Crippen molar-refractivity contribution in [3.05, 3.63) is 11.6 Å². The van der Waals surface area contributed by atoms with Crippen molar-refractivity contribution in [3.8, 4) is 0 Å². The Hall–Kier alpha value is -1.47. The molecule has 0 saturated heterocycles. The summed E-state index contributed by atoms with van der Waals surface area (Å²) in [7, 11) is 3.66. The Morgan fingerprint density at radius 3 is 2.95 bits per heavy atom. The van der Waals surface area contributed by atoms with Gasteiger partial charge in [0.2, 0.25) is 5.82 Å². The van der Waals surface area contributed by atoms with Crippen molar-refractivity contribution in [2.75, 3.05) is 40.4 Å². The van der Waals surface area contributed by atoms with Gasteiger partial charge in [0.05, 0.1) is 6.61 Å². The first-order valence-electron chi connectivity index (χ1n) is 6.54. The minimum absolute atomic E-state index is 0.211. The molecule has 1 amide bonds. The monoisotopic (exact) mass is 269 g/mol. The highest BCUT2D eigenvalue weighted by atomic mass is 16.5. The minimum Gasteiger partial charge on any atom is -0.383 e. The zero-order chi connectivity index (χ0) is 14.1. The van der Waals surface area contributed by atoms with Crippen molar-refractivity contribution in [1.29, 1.82) is 0 Å². The molecular formula is C12H23N5O2. The second kappa shape index (κ2) is 8.60. The number of aryl methyl sites for hydroxylation is 1. The number of hydrogen-bond donors (Lipinski definition) is 2.